The Morgan fingerprint density at radius 2 is 1.74 bits per heavy atom. The number of piperazine rings is 1. The quantitative estimate of drug-likeness (QED) is 0.679. The maximum Gasteiger partial charge on any atom is 0.233 e. The zero-order chi connectivity index (χ0) is 16.1. The lowest BCUT2D eigenvalue weighted by Crippen LogP contribution is -2.49. The van der Waals surface area contributed by atoms with Gasteiger partial charge in [-0.25, -0.2) is 9.97 Å². The van der Waals surface area contributed by atoms with Gasteiger partial charge in [0.1, 0.15) is 5.75 Å². The van der Waals surface area contributed by atoms with Gasteiger partial charge in [0.25, 0.3) is 0 Å². The summed E-state index contributed by atoms with van der Waals surface area (Å²) in [6.07, 6.45) is 3.35. The molecule has 6 nitrogen and oxygen atoms in total. The number of aromatic hydroxyl groups is 1. The lowest BCUT2D eigenvalue weighted by molar-refractivity contribution is -0.128. The number of amides is 1. The number of aromatic nitrogens is 2. The van der Waals surface area contributed by atoms with E-state index < -0.39 is 0 Å². The Morgan fingerprint density at radius 1 is 1.09 bits per heavy atom. The number of hydrogen-bond acceptors (Lipinski definition) is 6. The molecule has 0 aliphatic carbocycles. The molecule has 2 heterocycles. The molecule has 1 fully saturated rings. The van der Waals surface area contributed by atoms with E-state index in [-0.39, 0.29) is 11.7 Å². The van der Waals surface area contributed by atoms with Crippen molar-refractivity contribution >= 4 is 23.4 Å². The highest BCUT2D eigenvalue weighted by Crippen LogP contribution is 2.20. The standard InChI is InChI=1S/C16H18N4O2S/c21-14-4-2-13(3-5-14)19-8-10-20(11-9-19)15(22)12-23-16-17-6-1-7-18-16/h1-7,21H,8-12H2. The molecule has 2 aromatic rings. The van der Waals surface area contributed by atoms with Crippen LogP contribution in [0.25, 0.3) is 0 Å². The topological polar surface area (TPSA) is 69.6 Å². The number of phenolic OH excluding ortho intramolecular Hbond substituents is 1. The number of nitrogens with zero attached hydrogens (tertiary/aromatic N) is 4. The van der Waals surface area contributed by atoms with E-state index in [2.05, 4.69) is 14.9 Å². The summed E-state index contributed by atoms with van der Waals surface area (Å²) in [6, 6.07) is 8.92. The Labute approximate surface area is 139 Å². The Morgan fingerprint density at radius 3 is 2.39 bits per heavy atom. The highest BCUT2D eigenvalue weighted by molar-refractivity contribution is 7.99. The first-order chi connectivity index (χ1) is 11.2. The number of rotatable bonds is 4. The molecular weight excluding hydrogens is 312 g/mol. The molecule has 0 atom stereocenters. The highest BCUT2D eigenvalue weighted by atomic mass is 32.2. The summed E-state index contributed by atoms with van der Waals surface area (Å²) in [6.45, 7) is 3.00. The van der Waals surface area contributed by atoms with Gasteiger partial charge in [-0.05, 0) is 30.3 Å². The summed E-state index contributed by atoms with van der Waals surface area (Å²) in [7, 11) is 0. The van der Waals surface area contributed by atoms with E-state index in [0.717, 1.165) is 18.8 Å². The Bertz CT molecular complexity index is 643. The number of thioether (sulfide) groups is 1. The van der Waals surface area contributed by atoms with E-state index >= 15 is 0 Å². The Hall–Kier alpha value is -2.28. The molecule has 1 aromatic heterocycles. The van der Waals surface area contributed by atoms with Gasteiger partial charge in [-0.15, -0.1) is 0 Å². The van der Waals surface area contributed by atoms with Gasteiger partial charge >= 0.3 is 0 Å². The van der Waals surface area contributed by atoms with Gasteiger partial charge in [0.15, 0.2) is 5.16 Å². The van der Waals surface area contributed by atoms with Gasteiger partial charge in [0.2, 0.25) is 5.91 Å². The predicted molar refractivity (Wildman–Crippen MR) is 89.7 cm³/mol. The van der Waals surface area contributed by atoms with Gasteiger partial charge in [-0.2, -0.15) is 0 Å². The first-order valence-corrected chi connectivity index (χ1v) is 8.42. The summed E-state index contributed by atoms with van der Waals surface area (Å²) in [4.78, 5) is 24.6. The van der Waals surface area contributed by atoms with E-state index in [9.17, 15) is 9.90 Å². The van der Waals surface area contributed by atoms with Crippen molar-refractivity contribution in [1.29, 1.82) is 0 Å². The van der Waals surface area contributed by atoms with Gasteiger partial charge in [-0.3, -0.25) is 4.79 Å². The number of carbonyl (C=O) groups is 1. The molecule has 23 heavy (non-hydrogen) atoms. The van der Waals surface area contributed by atoms with Crippen molar-refractivity contribution in [2.75, 3.05) is 36.8 Å². The van der Waals surface area contributed by atoms with Crippen LogP contribution in [0.1, 0.15) is 0 Å². The SMILES string of the molecule is O=C(CSc1ncccn1)N1CCN(c2ccc(O)cc2)CC1. The van der Waals surface area contributed by atoms with Crippen molar-refractivity contribution in [3.63, 3.8) is 0 Å². The maximum atomic E-state index is 12.3. The molecule has 1 aromatic carbocycles. The van der Waals surface area contributed by atoms with E-state index in [0.29, 0.717) is 24.0 Å². The van der Waals surface area contributed by atoms with Crippen LogP contribution in [0.4, 0.5) is 5.69 Å². The molecule has 0 radical (unpaired) electrons. The minimum absolute atomic E-state index is 0.118. The first-order valence-electron chi connectivity index (χ1n) is 7.44. The van der Waals surface area contributed by atoms with E-state index in [1.807, 2.05) is 17.0 Å². The van der Waals surface area contributed by atoms with Crippen molar-refractivity contribution in [3.05, 3.63) is 42.7 Å². The molecule has 0 spiro atoms. The van der Waals surface area contributed by atoms with E-state index in [4.69, 9.17) is 0 Å². The fourth-order valence-electron chi connectivity index (χ4n) is 2.46. The van der Waals surface area contributed by atoms with Gasteiger partial charge in [0, 0.05) is 44.3 Å². The van der Waals surface area contributed by atoms with E-state index in [1.165, 1.54) is 11.8 Å². The van der Waals surface area contributed by atoms with Crippen molar-refractivity contribution in [3.8, 4) is 5.75 Å². The van der Waals surface area contributed by atoms with Crippen LogP contribution in [0, 0.1) is 0 Å². The predicted octanol–water partition coefficient (Wildman–Crippen LogP) is 1.62. The number of benzene rings is 1. The average molecular weight is 330 g/mol. The molecule has 120 valence electrons. The molecule has 1 aliphatic heterocycles. The fraction of sp³-hybridized carbons (Fsp3) is 0.312. The summed E-state index contributed by atoms with van der Waals surface area (Å²) in [5.74, 6) is 0.749. The van der Waals surface area contributed by atoms with Crippen LogP contribution in [0.5, 0.6) is 5.75 Å². The second-order valence-electron chi connectivity index (χ2n) is 5.20. The zero-order valence-corrected chi connectivity index (χ0v) is 13.4. The molecule has 0 saturated carbocycles. The van der Waals surface area contributed by atoms with Crippen LogP contribution >= 0.6 is 11.8 Å². The lowest BCUT2D eigenvalue weighted by atomic mass is 10.2. The Balaban J connectivity index is 1.48. The van der Waals surface area contributed by atoms with Crippen molar-refractivity contribution in [1.82, 2.24) is 14.9 Å². The van der Waals surface area contributed by atoms with Crippen LogP contribution in [-0.4, -0.2) is 57.8 Å². The van der Waals surface area contributed by atoms with Gasteiger partial charge < -0.3 is 14.9 Å². The third-order valence-corrected chi connectivity index (χ3v) is 4.57. The molecule has 1 aliphatic rings. The zero-order valence-electron chi connectivity index (χ0n) is 12.6. The smallest absolute Gasteiger partial charge is 0.233 e. The average Bonchev–Trinajstić information content (AvgIpc) is 2.61. The molecule has 3 rings (SSSR count). The van der Waals surface area contributed by atoms with Crippen LogP contribution in [0.15, 0.2) is 47.9 Å². The third-order valence-electron chi connectivity index (χ3n) is 3.71. The molecule has 0 unspecified atom stereocenters. The lowest BCUT2D eigenvalue weighted by Gasteiger charge is -2.36. The largest absolute Gasteiger partial charge is 0.508 e. The van der Waals surface area contributed by atoms with Crippen molar-refractivity contribution in [2.24, 2.45) is 0 Å². The molecular formula is C16H18N4O2S. The minimum Gasteiger partial charge on any atom is -0.508 e. The second kappa shape index (κ2) is 7.32. The fourth-order valence-corrected chi connectivity index (χ4v) is 3.16. The van der Waals surface area contributed by atoms with Crippen LogP contribution < -0.4 is 4.90 Å². The Kier molecular flexibility index (Phi) is 4.97. The molecule has 0 bridgehead atoms. The molecule has 1 amide bonds. The normalized spacial score (nSPS) is 14.8. The summed E-state index contributed by atoms with van der Waals surface area (Å²) < 4.78 is 0. The van der Waals surface area contributed by atoms with Gasteiger partial charge in [0.05, 0.1) is 5.75 Å². The number of carbonyl (C=O) groups excluding carboxylic acids is 1. The first kappa shape index (κ1) is 15.6. The third kappa shape index (κ3) is 4.13. The van der Waals surface area contributed by atoms with E-state index in [1.54, 1.807) is 30.6 Å². The minimum atomic E-state index is 0.118. The van der Waals surface area contributed by atoms with Crippen LogP contribution in [-0.2, 0) is 4.79 Å². The summed E-state index contributed by atoms with van der Waals surface area (Å²) in [5.41, 5.74) is 1.07. The van der Waals surface area contributed by atoms with Gasteiger partial charge in [-0.1, -0.05) is 11.8 Å². The number of hydrogen-bond donors (Lipinski definition) is 1. The van der Waals surface area contributed by atoms with Crippen LogP contribution in [0.3, 0.4) is 0 Å². The second-order valence-corrected chi connectivity index (χ2v) is 6.15. The monoisotopic (exact) mass is 330 g/mol. The maximum absolute atomic E-state index is 12.3. The van der Waals surface area contributed by atoms with Crippen molar-refractivity contribution < 1.29 is 9.90 Å². The number of phenols is 1. The number of anilines is 1. The highest BCUT2D eigenvalue weighted by Gasteiger charge is 2.21. The molecule has 7 heteroatoms. The molecule has 1 N–H and O–H groups in total. The van der Waals surface area contributed by atoms with Crippen LogP contribution in [0.2, 0.25) is 0 Å². The van der Waals surface area contributed by atoms with Crippen molar-refractivity contribution in [2.45, 2.75) is 5.16 Å². The molecule has 1 saturated heterocycles. The summed E-state index contributed by atoms with van der Waals surface area (Å²) in [5, 5.41) is 9.97. The summed E-state index contributed by atoms with van der Waals surface area (Å²) >= 11 is 1.37.